The van der Waals surface area contributed by atoms with E-state index in [1.165, 1.54) is 32.2 Å². The first-order valence-corrected chi connectivity index (χ1v) is 5.26. The first-order chi connectivity index (χ1) is 6.38. The van der Waals surface area contributed by atoms with E-state index in [1.54, 1.807) is 0 Å². The zero-order valence-electron chi connectivity index (χ0n) is 8.76. The minimum absolute atomic E-state index is 0.0943. The van der Waals surface area contributed by atoms with Gasteiger partial charge in [0.15, 0.2) is 0 Å². The summed E-state index contributed by atoms with van der Waals surface area (Å²) in [5.41, 5.74) is 0. The maximum atomic E-state index is 7.97. The second-order valence-corrected chi connectivity index (χ2v) is 3.90. The Kier molecular flexibility index (Phi) is 2.59. The molecular formula is C10H20N2. The van der Waals surface area contributed by atoms with Crippen LogP contribution < -0.4 is 5.32 Å². The van der Waals surface area contributed by atoms with Crippen LogP contribution in [0.15, 0.2) is 0 Å². The van der Waals surface area contributed by atoms with Gasteiger partial charge in [-0.3, -0.25) is 0 Å². The van der Waals surface area contributed by atoms with Crippen LogP contribution in [-0.2, 0) is 0 Å². The van der Waals surface area contributed by atoms with Gasteiger partial charge < -0.3 is 10.2 Å². The predicted octanol–water partition coefficient (Wildman–Crippen LogP) is 1.22. The molecule has 0 saturated carbocycles. The Bertz CT molecular complexity index is 157. The fourth-order valence-corrected chi connectivity index (χ4v) is 2.26. The van der Waals surface area contributed by atoms with Crippen molar-refractivity contribution in [2.24, 2.45) is 0 Å². The molecule has 0 aromatic heterocycles. The standard InChI is InChI=1S/C10H20N2/c1-2-8-12(9-3-1)10-4-6-11-7-5-10/h10-11H,1-9H2/i8D. The molecular weight excluding hydrogens is 148 g/mol. The number of hydrogen-bond acceptors (Lipinski definition) is 2. The van der Waals surface area contributed by atoms with Gasteiger partial charge in [-0.1, -0.05) is 6.42 Å². The summed E-state index contributed by atoms with van der Waals surface area (Å²) in [5.74, 6) is 0. The molecule has 2 heteroatoms. The second kappa shape index (κ2) is 4.24. The predicted molar refractivity (Wildman–Crippen MR) is 51.3 cm³/mol. The van der Waals surface area contributed by atoms with E-state index in [1.807, 2.05) is 0 Å². The average molecular weight is 169 g/mol. The summed E-state index contributed by atoms with van der Waals surface area (Å²) in [6.07, 6.45) is 6.14. The van der Waals surface area contributed by atoms with Crippen LogP contribution in [-0.4, -0.2) is 37.1 Å². The van der Waals surface area contributed by atoms with Crippen molar-refractivity contribution in [3.05, 3.63) is 0 Å². The molecule has 2 saturated heterocycles. The van der Waals surface area contributed by atoms with E-state index in [2.05, 4.69) is 10.2 Å². The van der Waals surface area contributed by atoms with Crippen molar-refractivity contribution in [3.8, 4) is 0 Å². The van der Waals surface area contributed by atoms with Crippen LogP contribution in [0.3, 0.4) is 0 Å². The number of nitrogens with one attached hydrogen (secondary N) is 1. The number of piperidine rings is 2. The fraction of sp³-hybridized carbons (Fsp3) is 1.00. The zero-order valence-corrected chi connectivity index (χ0v) is 7.76. The van der Waals surface area contributed by atoms with Gasteiger partial charge in [0.2, 0.25) is 0 Å². The molecule has 2 fully saturated rings. The van der Waals surface area contributed by atoms with Crippen molar-refractivity contribution in [1.82, 2.24) is 10.2 Å². The lowest BCUT2D eigenvalue weighted by molar-refractivity contribution is 0.136. The van der Waals surface area contributed by atoms with E-state index >= 15 is 0 Å². The maximum absolute atomic E-state index is 7.97. The summed E-state index contributed by atoms with van der Waals surface area (Å²) in [5, 5.41) is 3.38. The molecule has 0 aliphatic carbocycles. The molecule has 1 atom stereocenters. The number of rotatable bonds is 1. The molecule has 0 radical (unpaired) electrons. The lowest BCUT2D eigenvalue weighted by Gasteiger charge is -2.36. The molecule has 0 amide bonds. The lowest BCUT2D eigenvalue weighted by atomic mass is 10.0. The highest BCUT2D eigenvalue weighted by Crippen LogP contribution is 2.17. The number of hydrogen-bond donors (Lipinski definition) is 1. The third kappa shape index (κ3) is 1.99. The van der Waals surface area contributed by atoms with Crippen LogP contribution in [0.25, 0.3) is 0 Å². The molecule has 2 heterocycles. The van der Waals surface area contributed by atoms with Crippen LogP contribution in [0.5, 0.6) is 0 Å². The Morgan fingerprint density at radius 1 is 1.17 bits per heavy atom. The molecule has 0 bridgehead atoms. The molecule has 2 rings (SSSR count). The van der Waals surface area contributed by atoms with E-state index in [0.717, 1.165) is 19.5 Å². The van der Waals surface area contributed by atoms with Crippen LogP contribution in [0.4, 0.5) is 0 Å². The molecule has 12 heavy (non-hydrogen) atoms. The van der Waals surface area contributed by atoms with E-state index in [9.17, 15) is 0 Å². The van der Waals surface area contributed by atoms with Gasteiger partial charge >= 0.3 is 0 Å². The molecule has 70 valence electrons. The molecule has 2 aliphatic heterocycles. The normalized spacial score (nSPS) is 36.3. The first-order valence-electron chi connectivity index (χ1n) is 5.84. The minimum Gasteiger partial charge on any atom is -0.317 e. The smallest absolute Gasteiger partial charge is 0.0431 e. The van der Waals surface area contributed by atoms with Gasteiger partial charge in [-0.25, -0.2) is 0 Å². The highest BCUT2D eigenvalue weighted by Gasteiger charge is 2.21. The molecule has 2 aliphatic rings. The van der Waals surface area contributed by atoms with E-state index in [4.69, 9.17) is 1.37 Å². The number of nitrogens with zero attached hydrogens (tertiary/aromatic N) is 1. The molecule has 0 aromatic rings. The Labute approximate surface area is 76.7 Å². The van der Waals surface area contributed by atoms with E-state index < -0.39 is 0 Å². The minimum atomic E-state index is 0.0943. The van der Waals surface area contributed by atoms with Gasteiger partial charge in [-0.2, -0.15) is 0 Å². The summed E-state index contributed by atoms with van der Waals surface area (Å²) in [4.78, 5) is 2.42. The van der Waals surface area contributed by atoms with Gasteiger partial charge in [0.05, 0.1) is 0 Å². The monoisotopic (exact) mass is 169 g/mol. The first kappa shape index (κ1) is 7.34. The quantitative estimate of drug-likeness (QED) is 0.635. The Morgan fingerprint density at radius 2 is 2.00 bits per heavy atom. The highest BCUT2D eigenvalue weighted by molar-refractivity contribution is 4.79. The largest absolute Gasteiger partial charge is 0.317 e. The van der Waals surface area contributed by atoms with Gasteiger partial charge in [-0.05, 0) is 51.8 Å². The van der Waals surface area contributed by atoms with Gasteiger partial charge in [0.1, 0.15) is 0 Å². The molecule has 0 aromatic carbocycles. The van der Waals surface area contributed by atoms with Crippen molar-refractivity contribution in [3.63, 3.8) is 0 Å². The van der Waals surface area contributed by atoms with E-state index in [-0.39, 0.29) is 6.52 Å². The molecule has 0 spiro atoms. The van der Waals surface area contributed by atoms with Crippen LogP contribution in [0, 0.1) is 0 Å². The van der Waals surface area contributed by atoms with Crippen molar-refractivity contribution in [1.29, 1.82) is 0 Å². The van der Waals surface area contributed by atoms with E-state index in [0.29, 0.717) is 6.04 Å². The van der Waals surface area contributed by atoms with Crippen molar-refractivity contribution >= 4 is 0 Å². The van der Waals surface area contributed by atoms with Crippen LogP contribution in [0.2, 0.25) is 0 Å². The van der Waals surface area contributed by atoms with Gasteiger partial charge in [-0.15, -0.1) is 0 Å². The average Bonchev–Trinajstić information content (AvgIpc) is 2.20. The highest BCUT2D eigenvalue weighted by atomic mass is 15.2. The maximum Gasteiger partial charge on any atom is 0.0431 e. The summed E-state index contributed by atoms with van der Waals surface area (Å²) in [6.45, 7) is 3.55. The van der Waals surface area contributed by atoms with Gasteiger partial charge in [0.25, 0.3) is 0 Å². The fourth-order valence-electron chi connectivity index (χ4n) is 2.26. The summed E-state index contributed by atoms with van der Waals surface area (Å²) in [6, 6.07) is 0.698. The Morgan fingerprint density at radius 3 is 2.75 bits per heavy atom. The third-order valence-corrected chi connectivity index (χ3v) is 3.01. The SMILES string of the molecule is [2H]C1CCCCN1C1CCNCC1. The van der Waals surface area contributed by atoms with Gasteiger partial charge in [0, 0.05) is 7.41 Å². The summed E-state index contributed by atoms with van der Waals surface area (Å²) < 4.78 is 7.97. The second-order valence-electron chi connectivity index (χ2n) is 3.90. The topological polar surface area (TPSA) is 15.3 Å². The molecule has 1 unspecified atom stereocenters. The van der Waals surface area contributed by atoms with Crippen molar-refractivity contribution in [2.45, 2.75) is 38.1 Å². The third-order valence-electron chi connectivity index (χ3n) is 3.01. The summed E-state index contributed by atoms with van der Waals surface area (Å²) >= 11 is 0. The lowest BCUT2D eigenvalue weighted by Crippen LogP contribution is -2.45. The Balaban J connectivity index is 1.88. The van der Waals surface area contributed by atoms with Crippen molar-refractivity contribution < 1.29 is 1.37 Å². The van der Waals surface area contributed by atoms with Crippen molar-refractivity contribution in [2.75, 3.05) is 26.2 Å². The van der Waals surface area contributed by atoms with Crippen LogP contribution >= 0.6 is 0 Å². The number of likely N-dealkylation sites (tertiary alicyclic amines) is 1. The molecule has 1 N–H and O–H groups in total. The Hall–Kier alpha value is -0.0800. The summed E-state index contributed by atoms with van der Waals surface area (Å²) in [7, 11) is 0. The zero-order chi connectivity index (χ0) is 9.10. The van der Waals surface area contributed by atoms with Crippen LogP contribution in [0.1, 0.15) is 33.5 Å². The molecule has 2 nitrogen and oxygen atoms in total.